The first-order valence-corrected chi connectivity index (χ1v) is 10.3. The van der Waals surface area contributed by atoms with Gasteiger partial charge < -0.3 is 9.84 Å². The van der Waals surface area contributed by atoms with Gasteiger partial charge in [0.1, 0.15) is 5.76 Å². The van der Waals surface area contributed by atoms with Crippen LogP contribution in [-0.2, 0) is 9.53 Å². The third-order valence-electron chi connectivity index (χ3n) is 6.16. The Hall–Kier alpha value is -1.16. The van der Waals surface area contributed by atoms with Crippen LogP contribution >= 0.6 is 0 Å². The first-order chi connectivity index (χ1) is 12.2. The van der Waals surface area contributed by atoms with Crippen molar-refractivity contribution in [3.05, 3.63) is 11.3 Å². The van der Waals surface area contributed by atoms with E-state index in [0.29, 0.717) is 31.1 Å². The molecule has 0 aromatic heterocycles. The fourth-order valence-corrected chi connectivity index (χ4v) is 4.70. The molecule has 0 aromatic carbocycles. The van der Waals surface area contributed by atoms with E-state index < -0.39 is 0 Å². The zero-order valence-electron chi connectivity index (χ0n) is 15.5. The Morgan fingerprint density at radius 1 is 1.08 bits per heavy atom. The van der Waals surface area contributed by atoms with Gasteiger partial charge in [-0.05, 0) is 37.5 Å². The van der Waals surface area contributed by atoms with Crippen molar-refractivity contribution in [2.24, 2.45) is 10.4 Å². The lowest BCUT2D eigenvalue weighted by molar-refractivity contribution is -0.119. The molecule has 1 N–H and O–H groups in total. The van der Waals surface area contributed by atoms with Crippen molar-refractivity contribution in [2.45, 2.75) is 89.6 Å². The number of hydrogen-bond donors (Lipinski definition) is 1. The second kappa shape index (κ2) is 8.98. The maximum atomic E-state index is 12.5. The van der Waals surface area contributed by atoms with Crippen LogP contribution in [0.15, 0.2) is 16.3 Å². The maximum Gasteiger partial charge on any atom is 0.168 e. The van der Waals surface area contributed by atoms with E-state index in [0.717, 1.165) is 25.9 Å². The zero-order valence-corrected chi connectivity index (χ0v) is 15.5. The summed E-state index contributed by atoms with van der Waals surface area (Å²) >= 11 is 0. The van der Waals surface area contributed by atoms with Gasteiger partial charge in [-0.2, -0.15) is 0 Å². The standard InChI is InChI=1S/C21H33NO3/c23-19-14-21(10-5-2-6-11-21)15-20(24)18(19)16-22-12-7-13-25-17-8-3-1-4-9-17/h16-17,23H,1-15H2. The fraction of sp³-hybridized carbons (Fsp3) is 0.810. The Kier molecular flexibility index (Phi) is 6.69. The first-order valence-electron chi connectivity index (χ1n) is 10.3. The van der Waals surface area contributed by atoms with E-state index in [4.69, 9.17) is 4.74 Å². The van der Waals surface area contributed by atoms with Crippen molar-refractivity contribution < 1.29 is 14.6 Å². The zero-order chi connectivity index (χ0) is 17.5. The Morgan fingerprint density at radius 2 is 1.80 bits per heavy atom. The van der Waals surface area contributed by atoms with Crippen molar-refractivity contribution in [1.29, 1.82) is 0 Å². The Labute approximate surface area is 151 Å². The third-order valence-corrected chi connectivity index (χ3v) is 6.16. The van der Waals surface area contributed by atoms with Crippen LogP contribution < -0.4 is 0 Å². The number of aliphatic hydroxyl groups excluding tert-OH is 1. The molecule has 3 rings (SSSR count). The van der Waals surface area contributed by atoms with E-state index in [1.807, 2.05) is 0 Å². The molecule has 0 bridgehead atoms. The minimum absolute atomic E-state index is 0.0323. The van der Waals surface area contributed by atoms with E-state index in [1.54, 1.807) is 6.21 Å². The molecule has 1 spiro atoms. The second-order valence-corrected chi connectivity index (χ2v) is 8.22. The monoisotopic (exact) mass is 347 g/mol. The summed E-state index contributed by atoms with van der Waals surface area (Å²) in [4.78, 5) is 16.8. The van der Waals surface area contributed by atoms with E-state index in [2.05, 4.69) is 4.99 Å². The number of allylic oxidation sites excluding steroid dienone is 2. The van der Waals surface area contributed by atoms with Crippen LogP contribution in [-0.4, -0.2) is 36.4 Å². The van der Waals surface area contributed by atoms with Crippen molar-refractivity contribution in [2.75, 3.05) is 13.2 Å². The minimum Gasteiger partial charge on any atom is -0.511 e. The number of rotatable bonds is 6. The van der Waals surface area contributed by atoms with E-state index in [-0.39, 0.29) is 17.0 Å². The molecular weight excluding hydrogens is 314 g/mol. The number of carbonyl (C=O) groups excluding carboxylic acids is 1. The molecule has 4 heteroatoms. The Bertz CT molecular complexity index is 511. The van der Waals surface area contributed by atoms with Gasteiger partial charge in [0.15, 0.2) is 5.78 Å². The lowest BCUT2D eigenvalue weighted by Gasteiger charge is -2.39. The van der Waals surface area contributed by atoms with E-state index in [1.165, 1.54) is 51.4 Å². The van der Waals surface area contributed by atoms with Gasteiger partial charge in [-0.3, -0.25) is 9.79 Å². The number of carbonyl (C=O) groups is 1. The summed E-state index contributed by atoms with van der Waals surface area (Å²) in [6.07, 6.45) is 16.3. The molecule has 2 saturated carbocycles. The number of aliphatic imine (C=N–C) groups is 1. The molecule has 4 nitrogen and oxygen atoms in total. The molecular formula is C21H33NO3. The van der Waals surface area contributed by atoms with E-state index >= 15 is 0 Å². The highest BCUT2D eigenvalue weighted by atomic mass is 16.5. The largest absolute Gasteiger partial charge is 0.511 e. The van der Waals surface area contributed by atoms with Crippen LogP contribution in [0.4, 0.5) is 0 Å². The molecule has 0 aliphatic heterocycles. The van der Waals surface area contributed by atoms with Gasteiger partial charge >= 0.3 is 0 Å². The minimum atomic E-state index is 0.0323. The lowest BCUT2D eigenvalue weighted by Crippen LogP contribution is -2.33. The summed E-state index contributed by atoms with van der Waals surface area (Å²) < 4.78 is 5.89. The smallest absolute Gasteiger partial charge is 0.168 e. The van der Waals surface area contributed by atoms with Crippen LogP contribution in [0.3, 0.4) is 0 Å². The molecule has 0 radical (unpaired) electrons. The van der Waals surface area contributed by atoms with Gasteiger partial charge in [0.25, 0.3) is 0 Å². The fourth-order valence-electron chi connectivity index (χ4n) is 4.70. The summed E-state index contributed by atoms with van der Waals surface area (Å²) in [5.74, 6) is 0.341. The van der Waals surface area contributed by atoms with Crippen molar-refractivity contribution in [3.8, 4) is 0 Å². The van der Waals surface area contributed by atoms with Crippen molar-refractivity contribution in [1.82, 2.24) is 0 Å². The highest BCUT2D eigenvalue weighted by molar-refractivity contribution is 6.14. The van der Waals surface area contributed by atoms with E-state index in [9.17, 15) is 9.90 Å². The van der Waals surface area contributed by atoms with Crippen molar-refractivity contribution >= 4 is 12.0 Å². The molecule has 0 saturated heterocycles. The topological polar surface area (TPSA) is 58.9 Å². The third kappa shape index (κ3) is 5.16. The van der Waals surface area contributed by atoms with Crippen LogP contribution in [0.5, 0.6) is 0 Å². The lowest BCUT2D eigenvalue weighted by atomic mass is 9.65. The molecule has 2 fully saturated rings. The van der Waals surface area contributed by atoms with Crippen LogP contribution in [0.2, 0.25) is 0 Å². The molecule has 140 valence electrons. The maximum absolute atomic E-state index is 12.5. The summed E-state index contributed by atoms with van der Waals surface area (Å²) in [6, 6.07) is 0. The van der Waals surface area contributed by atoms with Crippen LogP contribution in [0, 0.1) is 5.41 Å². The molecule has 0 atom stereocenters. The number of hydrogen-bond acceptors (Lipinski definition) is 4. The van der Waals surface area contributed by atoms with Gasteiger partial charge in [0, 0.05) is 32.2 Å². The number of ketones is 1. The van der Waals surface area contributed by atoms with Crippen LogP contribution in [0.1, 0.15) is 83.5 Å². The highest BCUT2D eigenvalue weighted by Crippen LogP contribution is 2.47. The van der Waals surface area contributed by atoms with Crippen molar-refractivity contribution in [3.63, 3.8) is 0 Å². The van der Waals surface area contributed by atoms with Gasteiger partial charge in [0.05, 0.1) is 11.7 Å². The molecule has 25 heavy (non-hydrogen) atoms. The van der Waals surface area contributed by atoms with Gasteiger partial charge in [-0.15, -0.1) is 0 Å². The summed E-state index contributed by atoms with van der Waals surface area (Å²) in [5.41, 5.74) is 0.481. The molecule has 0 heterocycles. The normalized spacial score (nSPS) is 25.2. The molecule has 0 aromatic rings. The number of Topliss-reactive ketones (excluding diaryl/α,β-unsaturated/α-hetero) is 1. The first kappa shape index (κ1) is 18.6. The predicted octanol–water partition coefficient (Wildman–Crippen LogP) is 4.92. The average molecular weight is 347 g/mol. The van der Waals surface area contributed by atoms with Gasteiger partial charge in [-0.1, -0.05) is 38.5 Å². The summed E-state index contributed by atoms with van der Waals surface area (Å²) in [5, 5.41) is 10.4. The molecule has 3 aliphatic carbocycles. The SMILES string of the molecule is O=C1CC2(CCCCC2)CC(O)=C1C=NCCCOC1CCCCC1. The number of ether oxygens (including phenoxy) is 1. The number of aliphatic hydroxyl groups is 1. The van der Waals surface area contributed by atoms with Crippen LogP contribution in [0.25, 0.3) is 0 Å². The highest BCUT2D eigenvalue weighted by Gasteiger charge is 2.40. The quantitative estimate of drug-likeness (QED) is 0.548. The summed E-state index contributed by atoms with van der Waals surface area (Å²) in [6.45, 7) is 1.39. The Balaban J connectivity index is 1.42. The molecule has 3 aliphatic rings. The molecule has 0 amide bonds. The van der Waals surface area contributed by atoms with Gasteiger partial charge in [0.2, 0.25) is 0 Å². The summed E-state index contributed by atoms with van der Waals surface area (Å²) in [7, 11) is 0. The second-order valence-electron chi connectivity index (χ2n) is 8.22. The Morgan fingerprint density at radius 3 is 2.52 bits per heavy atom. The molecule has 0 unspecified atom stereocenters. The number of nitrogens with zero attached hydrogens (tertiary/aromatic N) is 1. The predicted molar refractivity (Wildman–Crippen MR) is 100 cm³/mol. The van der Waals surface area contributed by atoms with Gasteiger partial charge in [-0.25, -0.2) is 0 Å². The average Bonchev–Trinajstić information content (AvgIpc) is 2.61.